The molecule has 0 aliphatic carbocycles. The molecule has 12 heteroatoms. The van der Waals surface area contributed by atoms with E-state index < -0.39 is 0 Å². The minimum absolute atomic E-state index is 0.0579. The van der Waals surface area contributed by atoms with Crippen molar-refractivity contribution in [2.45, 2.75) is 0 Å². The third-order valence-corrected chi connectivity index (χ3v) is 8.72. The van der Waals surface area contributed by atoms with Crippen LogP contribution in [0.25, 0.3) is 12.2 Å². The van der Waals surface area contributed by atoms with Crippen molar-refractivity contribution < 1.29 is 19.1 Å². The second-order valence-electron chi connectivity index (χ2n) is 10.6. The highest BCUT2D eigenvalue weighted by molar-refractivity contribution is 6.38. The van der Waals surface area contributed by atoms with Crippen LogP contribution in [0.15, 0.2) is 106 Å². The number of nitrogens with zero attached hydrogens (tertiary/aromatic N) is 4. The summed E-state index contributed by atoms with van der Waals surface area (Å²) in [5, 5.41) is 1.52. The number of halogens is 4. The highest BCUT2D eigenvalue weighted by Gasteiger charge is 2.36. The third-order valence-electron chi connectivity index (χ3n) is 7.62. The first-order valence-corrected chi connectivity index (χ1v) is 16.1. The molecule has 6 rings (SSSR count). The van der Waals surface area contributed by atoms with Crippen molar-refractivity contribution >= 4 is 82.0 Å². The van der Waals surface area contributed by atoms with Crippen LogP contribution >= 0.6 is 46.4 Å². The number of ether oxygens (including phenoxy) is 2. The Morgan fingerprint density at radius 3 is 1.29 bits per heavy atom. The first kappa shape index (κ1) is 33.3. The summed E-state index contributed by atoms with van der Waals surface area (Å²) in [5.74, 6) is 1.28. The lowest BCUT2D eigenvalue weighted by Gasteiger charge is -2.24. The normalized spacial score (nSPS) is 16.2. The fourth-order valence-electron chi connectivity index (χ4n) is 5.19. The van der Waals surface area contributed by atoms with E-state index in [2.05, 4.69) is 0 Å². The minimum Gasteiger partial charge on any atom is -0.497 e. The summed E-state index contributed by atoms with van der Waals surface area (Å²) >= 11 is 25.6. The number of hydrogen-bond donors (Lipinski definition) is 0. The largest absolute Gasteiger partial charge is 0.497 e. The van der Waals surface area contributed by atoms with Gasteiger partial charge in [0.15, 0.2) is 0 Å². The van der Waals surface area contributed by atoms with E-state index in [1.807, 2.05) is 24.3 Å². The van der Waals surface area contributed by atoms with Crippen molar-refractivity contribution in [3.8, 4) is 11.5 Å². The van der Waals surface area contributed by atoms with Crippen molar-refractivity contribution in [1.29, 1.82) is 0 Å². The molecule has 0 saturated carbocycles. The summed E-state index contributed by atoms with van der Waals surface area (Å²) in [6, 6.07) is 24.4. The second kappa shape index (κ2) is 14.3. The lowest BCUT2D eigenvalue weighted by molar-refractivity contribution is -0.125. The van der Waals surface area contributed by atoms with Crippen LogP contribution in [-0.4, -0.2) is 60.6 Å². The van der Waals surface area contributed by atoms with E-state index in [-0.39, 0.29) is 36.3 Å². The van der Waals surface area contributed by atoms with Gasteiger partial charge in [0.05, 0.1) is 24.3 Å². The van der Waals surface area contributed by atoms with E-state index in [0.717, 1.165) is 11.1 Å². The summed E-state index contributed by atoms with van der Waals surface area (Å²) in [7, 11) is 3.16. The van der Waals surface area contributed by atoms with E-state index >= 15 is 0 Å². The molecule has 2 aliphatic rings. The van der Waals surface area contributed by atoms with E-state index in [9.17, 15) is 9.59 Å². The zero-order valence-corrected chi connectivity index (χ0v) is 28.6. The average Bonchev–Trinajstić information content (AvgIpc) is 3.54. The lowest BCUT2D eigenvalue weighted by Crippen LogP contribution is -2.43. The van der Waals surface area contributed by atoms with Crippen molar-refractivity contribution in [2.75, 3.05) is 27.3 Å². The molecule has 2 heterocycles. The summed E-state index contributed by atoms with van der Waals surface area (Å²) in [6.45, 7) is 0.116. The van der Waals surface area contributed by atoms with Crippen LogP contribution in [0.5, 0.6) is 11.5 Å². The number of hydrogen-bond acceptors (Lipinski definition) is 6. The van der Waals surface area contributed by atoms with Gasteiger partial charge in [-0.05, 0) is 83.9 Å². The zero-order chi connectivity index (χ0) is 33.9. The van der Waals surface area contributed by atoms with Crippen molar-refractivity contribution in [3.63, 3.8) is 0 Å². The maximum absolute atomic E-state index is 13.9. The second-order valence-corrected chi connectivity index (χ2v) is 12.3. The van der Waals surface area contributed by atoms with Gasteiger partial charge in [0.2, 0.25) is 0 Å². The number of benzene rings is 4. The van der Waals surface area contributed by atoms with Crippen LogP contribution in [0.3, 0.4) is 0 Å². The Bertz CT molecular complexity index is 1890. The number of carbonyl (C=O) groups is 2. The smallest absolute Gasteiger partial charge is 0.278 e. The molecule has 48 heavy (non-hydrogen) atoms. The van der Waals surface area contributed by atoms with Gasteiger partial charge in [-0.2, -0.15) is 0 Å². The van der Waals surface area contributed by atoms with Crippen LogP contribution in [0.1, 0.15) is 22.3 Å². The maximum Gasteiger partial charge on any atom is 0.278 e. The summed E-state index contributed by atoms with van der Waals surface area (Å²) in [6.07, 6.45) is 3.37. The molecular formula is C36H26Cl4N4O4. The van der Waals surface area contributed by atoms with Crippen LogP contribution < -0.4 is 9.47 Å². The monoisotopic (exact) mass is 718 g/mol. The summed E-state index contributed by atoms with van der Waals surface area (Å²) < 4.78 is 10.5. The van der Waals surface area contributed by atoms with Gasteiger partial charge in [-0.1, -0.05) is 70.7 Å². The molecule has 0 aromatic heterocycles. The molecule has 0 unspecified atom stereocenters. The molecule has 0 bridgehead atoms. The molecule has 0 N–H and O–H groups in total. The fourth-order valence-corrected chi connectivity index (χ4v) is 6.17. The number of aliphatic imine (C=N–C) groups is 2. The van der Waals surface area contributed by atoms with Crippen molar-refractivity contribution in [3.05, 3.63) is 139 Å². The Kier molecular flexibility index (Phi) is 9.89. The van der Waals surface area contributed by atoms with E-state index in [4.69, 9.17) is 65.9 Å². The molecule has 0 saturated heterocycles. The van der Waals surface area contributed by atoms with Gasteiger partial charge in [-0.15, -0.1) is 0 Å². The molecule has 0 radical (unpaired) electrons. The molecule has 242 valence electrons. The van der Waals surface area contributed by atoms with Gasteiger partial charge in [0, 0.05) is 34.3 Å². The predicted molar refractivity (Wildman–Crippen MR) is 191 cm³/mol. The zero-order valence-electron chi connectivity index (χ0n) is 25.6. The van der Waals surface area contributed by atoms with Gasteiger partial charge in [-0.3, -0.25) is 19.4 Å². The first-order valence-electron chi connectivity index (χ1n) is 14.6. The van der Waals surface area contributed by atoms with Gasteiger partial charge in [-0.25, -0.2) is 9.98 Å². The van der Waals surface area contributed by atoms with Crippen molar-refractivity contribution in [1.82, 2.24) is 9.80 Å². The van der Waals surface area contributed by atoms with Gasteiger partial charge in [0.1, 0.15) is 34.6 Å². The molecule has 8 nitrogen and oxygen atoms in total. The Morgan fingerprint density at radius 2 is 0.958 bits per heavy atom. The summed E-state index contributed by atoms with van der Waals surface area (Å²) in [4.78, 5) is 40.3. The number of rotatable bonds is 9. The standard InChI is InChI=1S/C36H26Cl4N4O4/c1-47-25-9-3-21(4-10-25)17-31-35(45)43(33(41-31)27-13-7-23(37)19-29(27)39)15-16-44-34(28-14-8-24(38)20-30(28)40)42-32(36(44)46)18-22-5-11-26(48-2)12-6-22/h3-14,17-20H,15-16H2,1-2H3. The Balaban J connectivity index is 1.35. The summed E-state index contributed by atoms with van der Waals surface area (Å²) in [5.41, 5.74) is 2.92. The topological polar surface area (TPSA) is 83.8 Å². The molecule has 2 amide bonds. The number of amides is 2. The van der Waals surface area contributed by atoms with Gasteiger partial charge in [0.25, 0.3) is 11.8 Å². The molecule has 0 atom stereocenters. The number of methoxy groups -OCH3 is 2. The number of carbonyl (C=O) groups excluding carboxylic acids is 2. The van der Waals surface area contributed by atoms with E-state index in [1.54, 1.807) is 87.0 Å². The van der Waals surface area contributed by atoms with Crippen LogP contribution in [0, 0.1) is 0 Å². The molecule has 0 fully saturated rings. The van der Waals surface area contributed by atoms with E-state index in [1.165, 1.54) is 9.80 Å². The Hall–Kier alpha value is -4.60. The first-order chi connectivity index (χ1) is 23.1. The number of amidine groups is 2. The highest BCUT2D eigenvalue weighted by Crippen LogP contribution is 2.31. The Labute approximate surface area is 297 Å². The molecular weight excluding hydrogens is 694 g/mol. The van der Waals surface area contributed by atoms with Crippen LogP contribution in [0.2, 0.25) is 20.1 Å². The quantitative estimate of drug-likeness (QED) is 0.163. The lowest BCUT2D eigenvalue weighted by atomic mass is 10.1. The molecule has 4 aromatic carbocycles. The fraction of sp³-hybridized carbons (Fsp3) is 0.111. The Morgan fingerprint density at radius 1 is 0.583 bits per heavy atom. The SMILES string of the molecule is COc1ccc(C=C2N=C(c3ccc(Cl)cc3Cl)N(CCN3C(=O)C(=Cc4ccc(OC)cc4)N=C3c3ccc(Cl)cc3Cl)C2=O)cc1. The average molecular weight is 720 g/mol. The van der Waals surface area contributed by atoms with Crippen LogP contribution in [-0.2, 0) is 9.59 Å². The van der Waals surface area contributed by atoms with Gasteiger partial charge < -0.3 is 9.47 Å². The maximum atomic E-state index is 13.9. The third kappa shape index (κ3) is 6.98. The molecule has 4 aromatic rings. The minimum atomic E-state index is -0.365. The highest BCUT2D eigenvalue weighted by atomic mass is 35.5. The van der Waals surface area contributed by atoms with Crippen LogP contribution in [0.4, 0.5) is 0 Å². The van der Waals surface area contributed by atoms with Crippen molar-refractivity contribution in [2.24, 2.45) is 9.98 Å². The molecule has 0 spiro atoms. The molecule has 2 aliphatic heterocycles. The predicted octanol–water partition coefficient (Wildman–Crippen LogP) is 8.28. The van der Waals surface area contributed by atoms with Gasteiger partial charge >= 0.3 is 0 Å². The van der Waals surface area contributed by atoms with E-state index in [0.29, 0.717) is 54.4 Å².